The van der Waals surface area contributed by atoms with E-state index in [2.05, 4.69) is 6.07 Å². The number of fused-ring (bicyclic) bond motifs is 1. The molecule has 0 amide bonds. The number of esters is 1. The molecule has 0 spiro atoms. The van der Waals surface area contributed by atoms with Gasteiger partial charge in [0.05, 0.1) is 30.7 Å². The highest BCUT2D eigenvalue weighted by Crippen LogP contribution is 2.45. The van der Waals surface area contributed by atoms with Crippen LogP contribution in [-0.4, -0.2) is 20.2 Å². The molecule has 172 valence electrons. The molecule has 4 rings (SSSR count). The summed E-state index contributed by atoms with van der Waals surface area (Å²) in [5.74, 6) is 0.405. The van der Waals surface area contributed by atoms with Crippen molar-refractivity contribution in [2.24, 2.45) is 5.73 Å². The number of nitrogens with two attached hydrogens (primary N) is 1. The van der Waals surface area contributed by atoms with Gasteiger partial charge in [-0.3, -0.25) is 0 Å². The van der Waals surface area contributed by atoms with Crippen LogP contribution in [0.25, 0.3) is 0 Å². The summed E-state index contributed by atoms with van der Waals surface area (Å²) in [6.07, 6.45) is 0. The molecule has 0 saturated carbocycles. The van der Waals surface area contributed by atoms with E-state index in [1.54, 1.807) is 37.4 Å². The highest BCUT2D eigenvalue weighted by Gasteiger charge is 2.32. The lowest BCUT2D eigenvalue weighted by Gasteiger charge is -2.27. The van der Waals surface area contributed by atoms with E-state index in [4.69, 9.17) is 47.9 Å². The fourth-order valence-electron chi connectivity index (χ4n) is 3.69. The first kappa shape index (κ1) is 23.3. The Balaban J connectivity index is 1.71. The van der Waals surface area contributed by atoms with Crippen molar-refractivity contribution in [2.45, 2.75) is 5.92 Å². The first-order valence-corrected chi connectivity index (χ1v) is 10.7. The topological polar surface area (TPSA) is 104 Å². The van der Waals surface area contributed by atoms with Gasteiger partial charge in [0.2, 0.25) is 5.88 Å². The van der Waals surface area contributed by atoms with E-state index < -0.39 is 11.9 Å². The average Bonchev–Trinajstić information content (AvgIpc) is 2.82. The normalized spacial score (nSPS) is 14.5. The Labute approximate surface area is 205 Å². The van der Waals surface area contributed by atoms with Crippen LogP contribution >= 0.6 is 23.2 Å². The molecule has 0 fully saturated rings. The van der Waals surface area contributed by atoms with Crippen molar-refractivity contribution < 1.29 is 23.7 Å². The van der Waals surface area contributed by atoms with Crippen molar-refractivity contribution >= 4 is 29.2 Å². The number of allylic oxidation sites excluding steroid dienone is 1. The molecule has 0 unspecified atom stereocenters. The van der Waals surface area contributed by atoms with Crippen LogP contribution in [0.1, 0.15) is 27.4 Å². The summed E-state index contributed by atoms with van der Waals surface area (Å²) in [6, 6.07) is 16.8. The van der Waals surface area contributed by atoms with Crippen LogP contribution in [-0.2, 0) is 0 Å². The van der Waals surface area contributed by atoms with Gasteiger partial charge in [0.1, 0.15) is 23.1 Å². The Bertz CT molecular complexity index is 1360. The standard InChI is InChI=1S/C25H18Cl2N2O5/c1-31-20-8-3-13(9-22(20)32-2)23-17-7-5-15(11-21(17)34-24(29)18(23)12-28)33-25(30)16-6-4-14(26)10-19(16)27/h3-11,23H,29H2,1-2H3/t23-/m0/s1. The van der Waals surface area contributed by atoms with Gasteiger partial charge in [-0.2, -0.15) is 5.26 Å². The third-order valence-electron chi connectivity index (χ3n) is 5.29. The van der Waals surface area contributed by atoms with Gasteiger partial charge in [0.25, 0.3) is 0 Å². The molecule has 0 aromatic heterocycles. The van der Waals surface area contributed by atoms with Crippen molar-refractivity contribution in [3.8, 4) is 29.1 Å². The number of rotatable bonds is 5. The zero-order valence-corrected chi connectivity index (χ0v) is 19.6. The van der Waals surface area contributed by atoms with Crippen LogP contribution < -0.4 is 24.7 Å². The van der Waals surface area contributed by atoms with E-state index in [0.29, 0.717) is 27.8 Å². The van der Waals surface area contributed by atoms with Crippen LogP contribution in [0.4, 0.5) is 0 Å². The Hall–Kier alpha value is -3.86. The summed E-state index contributed by atoms with van der Waals surface area (Å²) in [4.78, 5) is 12.6. The number of carbonyl (C=O) groups is 1. The van der Waals surface area contributed by atoms with Gasteiger partial charge in [-0.15, -0.1) is 0 Å². The van der Waals surface area contributed by atoms with E-state index in [9.17, 15) is 10.1 Å². The Morgan fingerprint density at radius 2 is 1.79 bits per heavy atom. The fraction of sp³-hybridized carbons (Fsp3) is 0.120. The summed E-state index contributed by atoms with van der Waals surface area (Å²) in [5.41, 5.74) is 7.91. The maximum Gasteiger partial charge on any atom is 0.345 e. The van der Waals surface area contributed by atoms with Crippen molar-refractivity contribution in [2.75, 3.05) is 14.2 Å². The molecule has 7 nitrogen and oxygen atoms in total. The number of carbonyl (C=O) groups excluding carboxylic acids is 1. The molecule has 1 aliphatic rings. The number of hydrogen-bond donors (Lipinski definition) is 1. The third-order valence-corrected chi connectivity index (χ3v) is 5.84. The molecule has 2 N–H and O–H groups in total. The average molecular weight is 497 g/mol. The van der Waals surface area contributed by atoms with Gasteiger partial charge in [-0.25, -0.2) is 4.79 Å². The number of nitriles is 1. The number of halogens is 2. The number of hydrogen-bond acceptors (Lipinski definition) is 7. The van der Waals surface area contributed by atoms with Crippen molar-refractivity contribution in [1.82, 2.24) is 0 Å². The van der Waals surface area contributed by atoms with Crippen LogP contribution in [0.5, 0.6) is 23.0 Å². The smallest absolute Gasteiger partial charge is 0.345 e. The Morgan fingerprint density at radius 1 is 1.03 bits per heavy atom. The molecule has 3 aromatic rings. The van der Waals surface area contributed by atoms with Gasteiger partial charge in [-0.05, 0) is 42.0 Å². The molecule has 1 aliphatic heterocycles. The number of nitrogens with zero attached hydrogens (tertiary/aromatic N) is 1. The monoisotopic (exact) mass is 496 g/mol. The quantitative estimate of drug-likeness (QED) is 0.369. The molecule has 1 heterocycles. The maximum absolute atomic E-state index is 12.6. The molecular formula is C25H18Cl2N2O5. The summed E-state index contributed by atoms with van der Waals surface area (Å²) >= 11 is 12.0. The Kier molecular flexibility index (Phi) is 6.55. The summed E-state index contributed by atoms with van der Waals surface area (Å²) in [5, 5.41) is 10.4. The minimum absolute atomic E-state index is 0.0426. The predicted molar refractivity (Wildman–Crippen MR) is 127 cm³/mol. The van der Waals surface area contributed by atoms with Gasteiger partial charge in [0.15, 0.2) is 11.5 Å². The van der Waals surface area contributed by atoms with E-state index in [0.717, 1.165) is 5.56 Å². The molecule has 0 aliphatic carbocycles. The molecule has 0 radical (unpaired) electrons. The maximum atomic E-state index is 12.6. The molecule has 34 heavy (non-hydrogen) atoms. The predicted octanol–water partition coefficient (Wildman–Crippen LogP) is 5.45. The van der Waals surface area contributed by atoms with Crippen LogP contribution in [0.3, 0.4) is 0 Å². The fourth-order valence-corrected chi connectivity index (χ4v) is 4.18. The van der Waals surface area contributed by atoms with E-state index >= 15 is 0 Å². The zero-order chi connectivity index (χ0) is 24.4. The Morgan fingerprint density at radius 3 is 2.47 bits per heavy atom. The number of methoxy groups -OCH3 is 2. The van der Waals surface area contributed by atoms with Crippen LogP contribution in [0.15, 0.2) is 66.1 Å². The second-order valence-electron chi connectivity index (χ2n) is 7.25. The number of benzene rings is 3. The second-order valence-corrected chi connectivity index (χ2v) is 8.10. The lowest BCUT2D eigenvalue weighted by molar-refractivity contribution is 0.0734. The second kappa shape index (κ2) is 9.56. The first-order chi connectivity index (χ1) is 16.4. The van der Waals surface area contributed by atoms with Gasteiger partial charge < -0.3 is 24.7 Å². The zero-order valence-electron chi connectivity index (χ0n) is 18.1. The molecule has 0 saturated heterocycles. The van der Waals surface area contributed by atoms with Gasteiger partial charge in [-0.1, -0.05) is 35.3 Å². The van der Waals surface area contributed by atoms with Crippen LogP contribution in [0.2, 0.25) is 10.0 Å². The minimum Gasteiger partial charge on any atom is -0.493 e. The largest absolute Gasteiger partial charge is 0.493 e. The molecular weight excluding hydrogens is 479 g/mol. The minimum atomic E-state index is -0.657. The summed E-state index contributed by atoms with van der Waals surface area (Å²) in [7, 11) is 3.07. The molecule has 1 atom stereocenters. The van der Waals surface area contributed by atoms with Crippen molar-refractivity contribution in [1.29, 1.82) is 5.26 Å². The lowest BCUT2D eigenvalue weighted by Crippen LogP contribution is -2.21. The van der Waals surface area contributed by atoms with Crippen molar-refractivity contribution in [3.05, 3.63) is 92.8 Å². The molecule has 3 aromatic carbocycles. The van der Waals surface area contributed by atoms with Crippen molar-refractivity contribution in [3.63, 3.8) is 0 Å². The molecule has 9 heteroatoms. The third kappa shape index (κ3) is 4.34. The SMILES string of the molecule is COc1ccc([C@@H]2C(C#N)=C(N)Oc3cc(OC(=O)c4ccc(Cl)cc4Cl)ccc32)cc1OC. The summed E-state index contributed by atoms with van der Waals surface area (Å²) in [6.45, 7) is 0. The van der Waals surface area contributed by atoms with E-state index in [1.165, 1.54) is 25.3 Å². The summed E-state index contributed by atoms with van der Waals surface area (Å²) < 4.78 is 21.9. The van der Waals surface area contributed by atoms with E-state index in [-0.39, 0.29) is 27.8 Å². The first-order valence-electron chi connectivity index (χ1n) is 9.97. The van der Waals surface area contributed by atoms with E-state index in [1.807, 2.05) is 6.07 Å². The highest BCUT2D eigenvalue weighted by atomic mass is 35.5. The lowest BCUT2D eigenvalue weighted by atomic mass is 9.83. The van der Waals surface area contributed by atoms with Crippen LogP contribution in [0, 0.1) is 11.3 Å². The van der Waals surface area contributed by atoms with Gasteiger partial charge >= 0.3 is 5.97 Å². The highest BCUT2D eigenvalue weighted by molar-refractivity contribution is 6.36. The van der Waals surface area contributed by atoms with Gasteiger partial charge in [0, 0.05) is 16.7 Å². The number of ether oxygens (including phenoxy) is 4. The molecule has 0 bridgehead atoms.